The van der Waals surface area contributed by atoms with Crippen molar-refractivity contribution in [1.29, 1.82) is 0 Å². The van der Waals surface area contributed by atoms with Gasteiger partial charge < -0.3 is 65.1 Å². The molecule has 14 heteroatoms. The van der Waals surface area contributed by atoms with Crippen LogP contribution in [0.5, 0.6) is 0 Å². The Morgan fingerprint density at radius 1 is 0.473 bits per heavy atom. The Morgan fingerprint density at radius 3 is 1.32 bits per heavy atom. The van der Waals surface area contributed by atoms with Gasteiger partial charge in [-0.15, -0.1) is 0 Å². The van der Waals surface area contributed by atoms with E-state index in [4.69, 9.17) is 18.9 Å². The number of nitrogens with one attached hydrogen (secondary N) is 1. The molecule has 2 saturated heterocycles. The number of ether oxygens (including phenoxy) is 4. The number of aliphatic hydroxyl groups excluding tert-OH is 8. The fourth-order valence-electron chi connectivity index (χ4n) is 10.2. The van der Waals surface area contributed by atoms with Crippen LogP contribution in [0.15, 0.2) is 24.3 Å². The van der Waals surface area contributed by atoms with Crippen LogP contribution in [0.3, 0.4) is 0 Å². The van der Waals surface area contributed by atoms with E-state index in [1.807, 2.05) is 6.08 Å². The molecule has 2 fully saturated rings. The number of unbranched alkanes of at least 4 members (excludes halogenated alkanes) is 34. The zero-order valence-electron chi connectivity index (χ0n) is 46.8. The minimum absolute atomic E-state index is 0.247. The van der Waals surface area contributed by atoms with Gasteiger partial charge in [-0.25, -0.2) is 0 Å². The molecule has 436 valence electrons. The topological polar surface area (TPSA) is 228 Å². The molecule has 14 nitrogen and oxygen atoms in total. The minimum Gasteiger partial charge on any atom is -0.394 e. The number of rotatable bonds is 49. The van der Waals surface area contributed by atoms with Crippen molar-refractivity contribution >= 4 is 5.91 Å². The van der Waals surface area contributed by atoms with E-state index in [0.717, 1.165) is 32.1 Å². The van der Waals surface area contributed by atoms with E-state index in [1.54, 1.807) is 6.08 Å². The molecular weight excluding hydrogens is 943 g/mol. The first kappa shape index (κ1) is 68.6. The lowest BCUT2D eigenvalue weighted by Gasteiger charge is -2.46. The van der Waals surface area contributed by atoms with Crippen molar-refractivity contribution in [3.63, 3.8) is 0 Å². The van der Waals surface area contributed by atoms with Crippen molar-refractivity contribution in [2.24, 2.45) is 0 Å². The maximum Gasteiger partial charge on any atom is 0.220 e. The summed E-state index contributed by atoms with van der Waals surface area (Å²) in [4.78, 5) is 13.2. The SMILES string of the molecule is CCCCCCCCCCCCCCCCCCCCCCC/C=C/CC/C=C/C(O)C(COC1OC(CO)C(OC2OC(CO)C(O)C(O)C2O)C(O)C1O)NC(=O)CCCCCCCCCCCCCCC. The molecule has 0 aromatic rings. The third-order valence-corrected chi connectivity index (χ3v) is 15.1. The summed E-state index contributed by atoms with van der Waals surface area (Å²) < 4.78 is 22.7. The second kappa shape index (κ2) is 46.4. The van der Waals surface area contributed by atoms with E-state index in [9.17, 15) is 45.6 Å². The number of hydrogen-bond donors (Lipinski definition) is 9. The first-order chi connectivity index (χ1) is 36.1. The van der Waals surface area contributed by atoms with Crippen molar-refractivity contribution in [1.82, 2.24) is 5.32 Å². The van der Waals surface area contributed by atoms with Gasteiger partial charge in [0, 0.05) is 6.42 Å². The number of carbonyl (C=O) groups is 1. The minimum atomic E-state index is -1.79. The first-order valence-corrected chi connectivity index (χ1v) is 30.6. The number of amides is 1. The molecule has 2 rings (SSSR count). The molecule has 0 aromatic heterocycles. The second-order valence-electron chi connectivity index (χ2n) is 21.8. The number of allylic oxidation sites excluding steroid dienone is 3. The van der Waals surface area contributed by atoms with Crippen LogP contribution in [0.1, 0.15) is 258 Å². The molecule has 12 atom stereocenters. The van der Waals surface area contributed by atoms with Gasteiger partial charge in [-0.05, 0) is 32.1 Å². The summed E-state index contributed by atoms with van der Waals surface area (Å²) in [6.45, 7) is 2.80. The molecule has 0 aliphatic carbocycles. The quantitative estimate of drug-likeness (QED) is 0.0204. The fourth-order valence-corrected chi connectivity index (χ4v) is 10.2. The van der Waals surface area contributed by atoms with Crippen LogP contribution < -0.4 is 5.32 Å². The van der Waals surface area contributed by atoms with Gasteiger partial charge in [0.2, 0.25) is 5.91 Å². The van der Waals surface area contributed by atoms with E-state index in [2.05, 4.69) is 31.3 Å². The summed E-state index contributed by atoms with van der Waals surface area (Å²) in [5.74, 6) is -0.247. The van der Waals surface area contributed by atoms with E-state index in [-0.39, 0.29) is 18.9 Å². The van der Waals surface area contributed by atoms with Gasteiger partial charge in [-0.1, -0.05) is 244 Å². The Hall–Kier alpha value is -1.53. The van der Waals surface area contributed by atoms with Crippen molar-refractivity contribution in [2.75, 3.05) is 19.8 Å². The molecular formula is C60H113NO13. The summed E-state index contributed by atoms with van der Waals surface area (Å²) in [5, 5.41) is 87.0. The maximum absolute atomic E-state index is 13.2. The molecule has 1 amide bonds. The van der Waals surface area contributed by atoms with Gasteiger partial charge in [0.15, 0.2) is 12.6 Å². The molecule has 9 N–H and O–H groups in total. The first-order valence-electron chi connectivity index (χ1n) is 30.6. The van der Waals surface area contributed by atoms with E-state index in [0.29, 0.717) is 12.8 Å². The summed E-state index contributed by atoms with van der Waals surface area (Å²) in [6.07, 6.45) is 38.1. The molecule has 0 spiro atoms. The summed E-state index contributed by atoms with van der Waals surface area (Å²) >= 11 is 0. The Balaban J connectivity index is 1.73. The van der Waals surface area contributed by atoms with E-state index >= 15 is 0 Å². The highest BCUT2D eigenvalue weighted by atomic mass is 16.7. The highest BCUT2D eigenvalue weighted by molar-refractivity contribution is 5.76. The second-order valence-corrected chi connectivity index (χ2v) is 21.8. The molecule has 12 unspecified atom stereocenters. The van der Waals surface area contributed by atoms with Crippen LogP contribution in [0.4, 0.5) is 0 Å². The fraction of sp³-hybridized carbons (Fsp3) is 0.917. The van der Waals surface area contributed by atoms with Crippen molar-refractivity contribution in [3.8, 4) is 0 Å². The Bertz CT molecular complexity index is 1340. The molecule has 74 heavy (non-hydrogen) atoms. The lowest BCUT2D eigenvalue weighted by atomic mass is 9.97. The third-order valence-electron chi connectivity index (χ3n) is 15.1. The predicted molar refractivity (Wildman–Crippen MR) is 295 cm³/mol. The Labute approximate surface area is 449 Å². The molecule has 2 aliphatic rings. The summed E-state index contributed by atoms with van der Waals surface area (Å²) in [6, 6.07) is -0.927. The van der Waals surface area contributed by atoms with Gasteiger partial charge in [0.25, 0.3) is 0 Å². The van der Waals surface area contributed by atoms with E-state index < -0.39 is 86.8 Å². The van der Waals surface area contributed by atoms with Crippen molar-refractivity contribution in [3.05, 3.63) is 24.3 Å². The Kier molecular flexibility index (Phi) is 43.0. The normalized spacial score (nSPS) is 25.3. The molecule has 0 bridgehead atoms. The molecule has 2 aliphatic heterocycles. The summed E-state index contributed by atoms with van der Waals surface area (Å²) in [5.41, 5.74) is 0. The third kappa shape index (κ3) is 31.8. The van der Waals surface area contributed by atoms with Gasteiger partial charge in [0.05, 0.1) is 32.0 Å². The van der Waals surface area contributed by atoms with Gasteiger partial charge in [-0.3, -0.25) is 4.79 Å². The number of aliphatic hydroxyl groups is 8. The largest absolute Gasteiger partial charge is 0.394 e. The Morgan fingerprint density at radius 2 is 0.865 bits per heavy atom. The predicted octanol–water partition coefficient (Wildman–Crippen LogP) is 10.4. The van der Waals surface area contributed by atoms with Gasteiger partial charge in [-0.2, -0.15) is 0 Å². The van der Waals surface area contributed by atoms with Crippen LogP contribution in [0.25, 0.3) is 0 Å². The maximum atomic E-state index is 13.2. The number of hydrogen-bond acceptors (Lipinski definition) is 13. The lowest BCUT2D eigenvalue weighted by molar-refractivity contribution is -0.359. The molecule has 0 radical (unpaired) electrons. The van der Waals surface area contributed by atoms with Crippen LogP contribution in [0, 0.1) is 0 Å². The zero-order valence-corrected chi connectivity index (χ0v) is 46.8. The van der Waals surface area contributed by atoms with Gasteiger partial charge in [0.1, 0.15) is 48.8 Å². The van der Waals surface area contributed by atoms with Crippen molar-refractivity contribution in [2.45, 2.75) is 331 Å². The highest BCUT2D eigenvalue weighted by Gasteiger charge is 2.51. The van der Waals surface area contributed by atoms with Crippen LogP contribution >= 0.6 is 0 Å². The van der Waals surface area contributed by atoms with Gasteiger partial charge >= 0.3 is 0 Å². The molecule has 0 saturated carbocycles. The van der Waals surface area contributed by atoms with Crippen molar-refractivity contribution < 1.29 is 64.6 Å². The smallest absolute Gasteiger partial charge is 0.220 e. The van der Waals surface area contributed by atoms with Crippen LogP contribution in [0.2, 0.25) is 0 Å². The van der Waals surface area contributed by atoms with Crippen LogP contribution in [-0.4, -0.2) is 140 Å². The summed E-state index contributed by atoms with van der Waals surface area (Å²) in [7, 11) is 0. The van der Waals surface area contributed by atoms with E-state index in [1.165, 1.54) is 193 Å². The number of carbonyl (C=O) groups excluding carboxylic acids is 1. The van der Waals surface area contributed by atoms with Crippen LogP contribution in [-0.2, 0) is 23.7 Å². The monoisotopic (exact) mass is 1060 g/mol. The zero-order chi connectivity index (χ0) is 53.9. The standard InChI is InChI=1S/C60H113NO13/c1-3-5-7-9-11-13-15-17-18-19-20-21-22-23-24-25-26-27-28-29-30-32-33-35-37-39-41-43-49(64)48(61-52(65)44-42-40-38-36-34-31-16-14-12-10-8-6-4-2)47-71-59-57(70)55(68)58(51(46-63)73-59)74-60-56(69)54(67)53(66)50(45-62)72-60/h33,35,41,43,48-51,53-60,62-64,66-70H,3-32,34,36-40,42,44-47H2,1-2H3,(H,61,65)/b35-33+,43-41+. The highest BCUT2D eigenvalue weighted by Crippen LogP contribution is 2.30. The molecule has 2 heterocycles. The average molecular weight is 1060 g/mol. The molecule has 0 aromatic carbocycles. The average Bonchev–Trinajstić information content (AvgIpc) is 3.40. The lowest BCUT2D eigenvalue weighted by Crippen LogP contribution is -2.65.